The van der Waals surface area contributed by atoms with Gasteiger partial charge in [-0.05, 0) is 82.7 Å². The van der Waals surface area contributed by atoms with Crippen molar-refractivity contribution < 1.29 is 9.59 Å². The number of aryl methyl sites for hydroxylation is 1. The van der Waals surface area contributed by atoms with Gasteiger partial charge in [0.2, 0.25) is 5.91 Å². The van der Waals surface area contributed by atoms with Crippen molar-refractivity contribution in [1.29, 1.82) is 0 Å². The van der Waals surface area contributed by atoms with E-state index in [1.807, 2.05) is 19.1 Å². The fourth-order valence-electron chi connectivity index (χ4n) is 6.64. The van der Waals surface area contributed by atoms with Crippen LogP contribution in [0.25, 0.3) is 0 Å². The van der Waals surface area contributed by atoms with Crippen molar-refractivity contribution in [1.82, 2.24) is 25.0 Å². The monoisotopic (exact) mass is 503 g/mol. The number of amides is 3. The van der Waals surface area contributed by atoms with E-state index in [0.717, 1.165) is 43.5 Å². The molecule has 37 heavy (non-hydrogen) atoms. The van der Waals surface area contributed by atoms with Crippen LogP contribution in [-0.2, 0) is 16.9 Å². The predicted molar refractivity (Wildman–Crippen MR) is 145 cm³/mol. The summed E-state index contributed by atoms with van der Waals surface area (Å²) < 4.78 is 0. The van der Waals surface area contributed by atoms with Gasteiger partial charge in [-0.15, -0.1) is 0 Å². The Kier molecular flexibility index (Phi) is 7.26. The van der Waals surface area contributed by atoms with Gasteiger partial charge in [-0.25, -0.2) is 4.79 Å². The van der Waals surface area contributed by atoms with Crippen molar-refractivity contribution in [2.45, 2.75) is 69.5 Å². The number of hydrogen-bond acceptors (Lipinski definition) is 4. The third-order valence-electron chi connectivity index (χ3n) is 9.33. The van der Waals surface area contributed by atoms with Crippen molar-refractivity contribution in [2.75, 3.05) is 33.7 Å². The van der Waals surface area contributed by atoms with Gasteiger partial charge in [-0.2, -0.15) is 0 Å². The first-order valence-electron chi connectivity index (χ1n) is 13.8. The summed E-state index contributed by atoms with van der Waals surface area (Å²) in [6, 6.07) is 14.7. The van der Waals surface area contributed by atoms with Crippen molar-refractivity contribution in [3.63, 3.8) is 0 Å². The molecule has 0 unspecified atom stereocenters. The Morgan fingerprint density at radius 2 is 1.81 bits per heavy atom. The van der Waals surface area contributed by atoms with Crippen LogP contribution in [0.5, 0.6) is 0 Å². The number of rotatable bonds is 8. The molecule has 1 saturated heterocycles. The molecule has 7 nitrogen and oxygen atoms in total. The van der Waals surface area contributed by atoms with Gasteiger partial charge >= 0.3 is 6.03 Å². The smallest absolute Gasteiger partial charge is 0.321 e. The maximum Gasteiger partial charge on any atom is 0.321 e. The lowest BCUT2D eigenvalue weighted by Crippen LogP contribution is -2.56. The van der Waals surface area contributed by atoms with Gasteiger partial charge in [-0.3, -0.25) is 14.7 Å². The van der Waals surface area contributed by atoms with Gasteiger partial charge in [-0.1, -0.05) is 42.8 Å². The molecule has 2 aromatic rings. The van der Waals surface area contributed by atoms with Crippen LogP contribution in [0.3, 0.4) is 0 Å². The Morgan fingerprint density at radius 1 is 1.08 bits per heavy atom. The molecule has 2 aliphatic carbocycles. The van der Waals surface area contributed by atoms with Gasteiger partial charge in [0.05, 0.1) is 5.54 Å². The third kappa shape index (κ3) is 4.98. The number of pyridine rings is 1. The second-order valence-corrected chi connectivity index (χ2v) is 11.6. The van der Waals surface area contributed by atoms with Crippen molar-refractivity contribution >= 4 is 11.9 Å². The molecule has 5 rings (SSSR count). The number of carbonyl (C=O) groups is 2. The van der Waals surface area contributed by atoms with E-state index in [4.69, 9.17) is 0 Å². The number of hydrogen-bond donors (Lipinski definition) is 1. The summed E-state index contributed by atoms with van der Waals surface area (Å²) in [5.41, 5.74) is 3.05. The molecule has 1 aromatic heterocycles. The van der Waals surface area contributed by atoms with Crippen LogP contribution in [-0.4, -0.2) is 70.9 Å². The highest BCUT2D eigenvalue weighted by atomic mass is 16.2. The third-order valence-corrected chi connectivity index (χ3v) is 9.33. The first kappa shape index (κ1) is 25.7. The standard InChI is InChI=1S/C30H41N5O2/c1-23-25(11-8-18-31-23)19-32-27(36)21-34-22-29(35(28(34)37)20-24-9-7-10-24)14-16-30(17-15-29,33(2)3)26-12-5-4-6-13-26/h4-6,8,11-13,18,24H,7,9-10,14-17,19-22H2,1-3H3,(H,32,36)/t29-,30-. The summed E-state index contributed by atoms with van der Waals surface area (Å²) in [7, 11) is 4.36. The molecule has 3 amide bonds. The largest absolute Gasteiger partial charge is 0.350 e. The minimum absolute atomic E-state index is 0.0237. The van der Waals surface area contributed by atoms with Crippen molar-refractivity contribution in [2.24, 2.45) is 5.92 Å². The normalized spacial score (nSPS) is 26.1. The highest BCUT2D eigenvalue weighted by molar-refractivity contribution is 5.86. The molecule has 0 radical (unpaired) electrons. The summed E-state index contributed by atoms with van der Waals surface area (Å²) in [6.45, 7) is 3.95. The lowest BCUT2D eigenvalue weighted by atomic mass is 9.68. The second kappa shape index (κ2) is 10.4. The zero-order valence-electron chi connectivity index (χ0n) is 22.6. The van der Waals surface area contributed by atoms with Crippen LogP contribution < -0.4 is 5.32 Å². The average Bonchev–Trinajstić information content (AvgIpc) is 3.11. The minimum atomic E-state index is -0.193. The van der Waals surface area contributed by atoms with Crippen molar-refractivity contribution in [3.8, 4) is 0 Å². The molecule has 0 atom stereocenters. The molecule has 0 bridgehead atoms. The van der Waals surface area contributed by atoms with Gasteiger partial charge in [0.1, 0.15) is 6.54 Å². The zero-order valence-corrected chi connectivity index (χ0v) is 22.6. The summed E-state index contributed by atoms with van der Waals surface area (Å²) in [6.07, 6.45) is 9.32. The molecule has 7 heteroatoms. The Balaban J connectivity index is 1.30. The number of nitrogens with one attached hydrogen (secondary N) is 1. The molecule has 1 aliphatic heterocycles. The van der Waals surface area contributed by atoms with Gasteiger partial charge < -0.3 is 15.1 Å². The van der Waals surface area contributed by atoms with Crippen LogP contribution in [0.15, 0.2) is 48.7 Å². The average molecular weight is 504 g/mol. The van der Waals surface area contributed by atoms with Crippen LogP contribution in [0, 0.1) is 12.8 Å². The predicted octanol–water partition coefficient (Wildman–Crippen LogP) is 4.31. The zero-order chi connectivity index (χ0) is 26.0. The van der Waals surface area contributed by atoms with Crippen molar-refractivity contribution in [3.05, 3.63) is 65.5 Å². The number of nitrogens with zero attached hydrogens (tertiary/aromatic N) is 4. The summed E-state index contributed by atoms with van der Waals surface area (Å²) in [5, 5.41) is 3.01. The first-order chi connectivity index (χ1) is 17.8. The van der Waals surface area contributed by atoms with E-state index < -0.39 is 0 Å². The molecule has 2 saturated carbocycles. The number of carbonyl (C=O) groups excluding carboxylic acids is 2. The van der Waals surface area contributed by atoms with Crippen LogP contribution in [0.1, 0.15) is 61.8 Å². The maximum atomic E-state index is 13.7. The molecule has 3 aliphatic rings. The summed E-state index contributed by atoms with van der Waals surface area (Å²) in [4.78, 5) is 37.3. The minimum Gasteiger partial charge on any atom is -0.350 e. The molecule has 1 N–H and O–H groups in total. The first-order valence-corrected chi connectivity index (χ1v) is 13.8. The lowest BCUT2D eigenvalue weighted by molar-refractivity contribution is -0.121. The van der Waals surface area contributed by atoms with Crippen LogP contribution in [0.4, 0.5) is 4.79 Å². The molecule has 2 heterocycles. The quantitative estimate of drug-likeness (QED) is 0.583. The molecule has 1 spiro atoms. The SMILES string of the molecule is Cc1ncccc1CNC(=O)CN1C[C@]2(CC[C@@](c3ccccc3)(N(C)C)CC2)N(CC2CCC2)C1=O. The Hall–Kier alpha value is -2.93. The number of benzene rings is 1. The van der Waals surface area contributed by atoms with Crippen LogP contribution >= 0.6 is 0 Å². The second-order valence-electron chi connectivity index (χ2n) is 11.6. The van der Waals surface area contributed by atoms with E-state index in [-0.39, 0.29) is 29.6 Å². The fraction of sp³-hybridized carbons (Fsp3) is 0.567. The highest BCUT2D eigenvalue weighted by Crippen LogP contribution is 2.49. The Morgan fingerprint density at radius 3 is 2.43 bits per heavy atom. The number of urea groups is 1. The molecular weight excluding hydrogens is 462 g/mol. The van der Waals surface area contributed by atoms with E-state index in [1.54, 1.807) is 11.1 Å². The maximum absolute atomic E-state index is 13.7. The van der Waals surface area contributed by atoms with E-state index in [1.165, 1.54) is 24.8 Å². The topological polar surface area (TPSA) is 68.8 Å². The van der Waals surface area contributed by atoms with Gasteiger partial charge in [0, 0.05) is 37.1 Å². The Bertz CT molecular complexity index is 1110. The highest BCUT2D eigenvalue weighted by Gasteiger charge is 2.55. The summed E-state index contributed by atoms with van der Waals surface area (Å²) in [5.74, 6) is 0.484. The molecule has 198 valence electrons. The fourth-order valence-corrected chi connectivity index (χ4v) is 6.64. The van der Waals surface area contributed by atoms with E-state index >= 15 is 0 Å². The summed E-state index contributed by atoms with van der Waals surface area (Å²) >= 11 is 0. The molecule has 3 fully saturated rings. The van der Waals surface area contributed by atoms with Gasteiger partial charge in [0.25, 0.3) is 0 Å². The number of aromatic nitrogens is 1. The van der Waals surface area contributed by atoms with E-state index in [0.29, 0.717) is 19.0 Å². The van der Waals surface area contributed by atoms with Gasteiger partial charge in [0.15, 0.2) is 0 Å². The van der Waals surface area contributed by atoms with E-state index in [9.17, 15) is 9.59 Å². The van der Waals surface area contributed by atoms with E-state index in [2.05, 4.69) is 64.5 Å². The van der Waals surface area contributed by atoms with Crippen LogP contribution in [0.2, 0.25) is 0 Å². The Labute approximate surface area is 221 Å². The lowest BCUT2D eigenvalue weighted by Gasteiger charge is -2.51. The molecular formula is C30H41N5O2. The molecule has 1 aromatic carbocycles.